The number of hydrogen-bond donors (Lipinski definition) is 0. The van der Waals surface area contributed by atoms with Crippen molar-refractivity contribution in [3.63, 3.8) is 0 Å². The molecule has 2 fully saturated rings. The van der Waals surface area contributed by atoms with Crippen LogP contribution in [-0.2, 0) is 4.74 Å². The number of hydrogen-bond acceptors (Lipinski definition) is 2. The van der Waals surface area contributed by atoms with Crippen molar-refractivity contribution in [1.29, 1.82) is 0 Å². The maximum Gasteiger partial charge on any atom is 0.261 e. The van der Waals surface area contributed by atoms with Crippen LogP contribution in [0.4, 0.5) is 8.78 Å². The zero-order chi connectivity index (χ0) is 10.9. The van der Waals surface area contributed by atoms with Gasteiger partial charge in [0.2, 0.25) is 0 Å². The molecule has 2 aliphatic rings. The second kappa shape index (κ2) is 3.98. The summed E-state index contributed by atoms with van der Waals surface area (Å²) >= 11 is 0. The normalized spacial score (nSPS) is 28.2. The molecule has 0 atom stereocenters. The van der Waals surface area contributed by atoms with Crippen LogP contribution in [0.3, 0.4) is 0 Å². The van der Waals surface area contributed by atoms with Crippen LogP contribution in [0.1, 0.15) is 26.2 Å². The minimum absolute atomic E-state index is 0.0255. The minimum Gasteiger partial charge on any atom is -0.381 e. The zero-order valence-corrected chi connectivity index (χ0v) is 9.27. The Kier molecular flexibility index (Phi) is 2.99. The summed E-state index contributed by atoms with van der Waals surface area (Å²) in [7, 11) is 0. The third-order valence-electron chi connectivity index (χ3n) is 3.38. The summed E-state index contributed by atoms with van der Waals surface area (Å²) < 4.78 is 31.3. The Bertz CT molecular complexity index is 229. The third kappa shape index (κ3) is 2.88. The monoisotopic (exact) mass is 219 g/mol. The number of nitrogens with zero attached hydrogens (tertiary/aromatic N) is 1. The first-order valence-corrected chi connectivity index (χ1v) is 5.73. The van der Waals surface area contributed by atoms with Gasteiger partial charge in [-0.2, -0.15) is 0 Å². The minimum atomic E-state index is -2.46. The lowest BCUT2D eigenvalue weighted by Crippen LogP contribution is -2.33. The van der Waals surface area contributed by atoms with E-state index in [0.717, 1.165) is 32.6 Å². The average molecular weight is 219 g/mol. The van der Waals surface area contributed by atoms with E-state index >= 15 is 0 Å². The summed E-state index contributed by atoms with van der Waals surface area (Å²) in [5.41, 5.74) is 0.205. The first-order valence-electron chi connectivity index (χ1n) is 5.73. The molecule has 1 heterocycles. The molecule has 0 aromatic rings. The molecule has 2 nitrogen and oxygen atoms in total. The lowest BCUT2D eigenvalue weighted by molar-refractivity contribution is 0.00729. The first-order chi connectivity index (χ1) is 7.05. The summed E-state index contributed by atoms with van der Waals surface area (Å²) in [4.78, 5) is 1.89. The van der Waals surface area contributed by atoms with E-state index < -0.39 is 5.92 Å². The van der Waals surface area contributed by atoms with Crippen LogP contribution in [0.15, 0.2) is 0 Å². The fourth-order valence-corrected chi connectivity index (χ4v) is 2.26. The van der Waals surface area contributed by atoms with Crippen molar-refractivity contribution in [3.05, 3.63) is 0 Å². The van der Waals surface area contributed by atoms with Gasteiger partial charge in [-0.25, -0.2) is 8.78 Å². The van der Waals surface area contributed by atoms with E-state index in [9.17, 15) is 8.78 Å². The van der Waals surface area contributed by atoms with Gasteiger partial charge in [-0.3, -0.25) is 4.90 Å². The molecular weight excluding hydrogens is 200 g/mol. The fraction of sp³-hybridized carbons (Fsp3) is 1.00. The van der Waals surface area contributed by atoms with Gasteiger partial charge in [0.15, 0.2) is 0 Å². The van der Waals surface area contributed by atoms with Crippen molar-refractivity contribution in [2.75, 3.05) is 32.8 Å². The van der Waals surface area contributed by atoms with Crippen molar-refractivity contribution in [1.82, 2.24) is 4.90 Å². The molecule has 0 bridgehead atoms. The molecule has 0 unspecified atom stereocenters. The van der Waals surface area contributed by atoms with E-state index in [-0.39, 0.29) is 18.4 Å². The molecular formula is C11H19F2NO. The molecule has 0 spiro atoms. The molecule has 4 heteroatoms. The maximum atomic E-state index is 13.0. The highest BCUT2D eigenvalue weighted by Crippen LogP contribution is 2.47. The van der Waals surface area contributed by atoms with Crippen molar-refractivity contribution in [3.8, 4) is 0 Å². The second-order valence-electron chi connectivity index (χ2n) is 4.95. The van der Waals surface area contributed by atoms with Crippen LogP contribution in [0.5, 0.6) is 0 Å². The van der Waals surface area contributed by atoms with Crippen molar-refractivity contribution in [2.45, 2.75) is 32.1 Å². The molecule has 15 heavy (non-hydrogen) atoms. The van der Waals surface area contributed by atoms with Gasteiger partial charge in [0, 0.05) is 31.5 Å². The Morgan fingerprint density at radius 1 is 1.27 bits per heavy atom. The molecule has 0 radical (unpaired) electrons. The molecule has 1 aliphatic heterocycles. The molecule has 0 aromatic heterocycles. The van der Waals surface area contributed by atoms with Crippen LogP contribution < -0.4 is 0 Å². The van der Waals surface area contributed by atoms with Crippen molar-refractivity contribution in [2.24, 2.45) is 5.41 Å². The number of ether oxygens (including phenoxy) is 1. The second-order valence-corrected chi connectivity index (χ2v) is 4.95. The lowest BCUT2D eigenvalue weighted by Gasteiger charge is -2.22. The molecule has 2 rings (SSSR count). The van der Waals surface area contributed by atoms with E-state index in [1.807, 2.05) is 11.8 Å². The van der Waals surface area contributed by atoms with Gasteiger partial charge < -0.3 is 4.74 Å². The molecule has 88 valence electrons. The van der Waals surface area contributed by atoms with Gasteiger partial charge in [-0.15, -0.1) is 0 Å². The highest BCUT2D eigenvalue weighted by Gasteiger charge is 2.47. The highest BCUT2D eigenvalue weighted by molar-refractivity contribution is 4.97. The smallest absolute Gasteiger partial charge is 0.261 e. The Balaban J connectivity index is 1.77. The number of halogens is 2. The van der Waals surface area contributed by atoms with E-state index in [1.165, 1.54) is 0 Å². The molecule has 1 saturated heterocycles. The van der Waals surface area contributed by atoms with Crippen molar-refractivity contribution >= 4 is 0 Å². The van der Waals surface area contributed by atoms with E-state index in [0.29, 0.717) is 6.54 Å². The Labute approximate surface area is 89.6 Å². The molecule has 0 N–H and O–H groups in total. The summed E-state index contributed by atoms with van der Waals surface area (Å²) in [5, 5.41) is 0. The van der Waals surface area contributed by atoms with Crippen LogP contribution in [0, 0.1) is 5.41 Å². The largest absolute Gasteiger partial charge is 0.381 e. The standard InChI is InChI=1S/C11H19F2NO/c1-2-15-9-10(3-4-10)7-14-6-5-11(12,13)8-14/h2-9H2,1H3. The third-order valence-corrected chi connectivity index (χ3v) is 3.38. The number of likely N-dealkylation sites (tertiary alicyclic amines) is 1. The number of alkyl halides is 2. The van der Waals surface area contributed by atoms with Gasteiger partial charge >= 0.3 is 0 Å². The van der Waals surface area contributed by atoms with E-state index in [2.05, 4.69) is 0 Å². The SMILES string of the molecule is CCOCC1(CN2CCC(F)(F)C2)CC1. The topological polar surface area (TPSA) is 12.5 Å². The van der Waals surface area contributed by atoms with Gasteiger partial charge in [-0.1, -0.05) is 0 Å². The molecule has 0 aromatic carbocycles. The van der Waals surface area contributed by atoms with Crippen molar-refractivity contribution < 1.29 is 13.5 Å². The van der Waals surface area contributed by atoms with Crippen LogP contribution in [-0.4, -0.2) is 43.7 Å². The molecule has 0 amide bonds. The van der Waals surface area contributed by atoms with Crippen LogP contribution in [0.25, 0.3) is 0 Å². The van der Waals surface area contributed by atoms with Gasteiger partial charge in [0.1, 0.15) is 0 Å². The quantitative estimate of drug-likeness (QED) is 0.702. The first kappa shape index (κ1) is 11.3. The van der Waals surface area contributed by atoms with Gasteiger partial charge in [0.05, 0.1) is 13.2 Å². The number of rotatable bonds is 5. The predicted molar refractivity (Wildman–Crippen MR) is 54.2 cm³/mol. The van der Waals surface area contributed by atoms with Crippen LogP contribution in [0.2, 0.25) is 0 Å². The average Bonchev–Trinajstić information content (AvgIpc) is 2.83. The molecule has 1 saturated carbocycles. The Morgan fingerprint density at radius 3 is 2.47 bits per heavy atom. The zero-order valence-electron chi connectivity index (χ0n) is 9.27. The summed E-state index contributed by atoms with van der Waals surface area (Å²) in [6.07, 6.45) is 2.29. The predicted octanol–water partition coefficient (Wildman–Crippen LogP) is 2.14. The summed E-state index contributed by atoms with van der Waals surface area (Å²) in [6, 6.07) is 0. The summed E-state index contributed by atoms with van der Waals surface area (Å²) in [5.74, 6) is -2.46. The summed E-state index contributed by atoms with van der Waals surface area (Å²) in [6.45, 7) is 4.72. The Morgan fingerprint density at radius 2 is 2.00 bits per heavy atom. The Hall–Kier alpha value is -0.220. The lowest BCUT2D eigenvalue weighted by atomic mass is 10.1. The van der Waals surface area contributed by atoms with E-state index in [1.54, 1.807) is 0 Å². The molecule has 1 aliphatic carbocycles. The van der Waals surface area contributed by atoms with Gasteiger partial charge in [-0.05, 0) is 19.8 Å². The highest BCUT2D eigenvalue weighted by atomic mass is 19.3. The van der Waals surface area contributed by atoms with E-state index in [4.69, 9.17) is 4.74 Å². The van der Waals surface area contributed by atoms with Crippen LogP contribution >= 0.6 is 0 Å². The fourth-order valence-electron chi connectivity index (χ4n) is 2.26. The van der Waals surface area contributed by atoms with Gasteiger partial charge in [0.25, 0.3) is 5.92 Å². The maximum absolute atomic E-state index is 13.0.